The molecule has 11 nitrogen and oxygen atoms in total. The van der Waals surface area contributed by atoms with E-state index in [1.807, 2.05) is 0 Å². The topological polar surface area (TPSA) is 137 Å². The lowest BCUT2D eigenvalue weighted by molar-refractivity contribution is -0.383. The molecule has 2 aromatic heterocycles. The summed E-state index contributed by atoms with van der Waals surface area (Å²) in [5.74, 6) is 0.412. The highest BCUT2D eigenvalue weighted by Crippen LogP contribution is 2.29. The summed E-state index contributed by atoms with van der Waals surface area (Å²) in [5, 5.41) is 25.2. The molecule has 11 heteroatoms. The van der Waals surface area contributed by atoms with E-state index in [4.69, 9.17) is 9.47 Å². The highest BCUT2D eigenvalue weighted by molar-refractivity contribution is 5.96. The number of hydrogen-bond donors (Lipinski definition) is 2. The molecule has 0 fully saturated rings. The molecular weight excluding hydrogens is 356 g/mol. The zero-order chi connectivity index (χ0) is 19.1. The van der Waals surface area contributed by atoms with Gasteiger partial charge < -0.3 is 20.1 Å². The maximum Gasteiger partial charge on any atom is 0.320 e. The summed E-state index contributed by atoms with van der Waals surface area (Å²) in [7, 11) is 1.45. The van der Waals surface area contributed by atoms with Crippen molar-refractivity contribution >= 4 is 22.3 Å². The zero-order valence-corrected chi connectivity index (χ0v) is 14.5. The number of pyridine rings is 1. The van der Waals surface area contributed by atoms with E-state index in [-0.39, 0.29) is 17.4 Å². The molecule has 3 aromatic rings. The molecule has 0 amide bonds. The molecule has 27 heavy (non-hydrogen) atoms. The standard InChI is InChI=1S/C16H18N6O5/c1-25-15-16(21-27-20-15)26-10-9-17-7-8-18-12-4-5-13(22(23)24)11-3-2-6-19-14(11)12/h2-6,17-18H,7-10H2,1H3. The number of anilines is 1. The number of fused-ring (bicyclic) bond motifs is 1. The van der Waals surface area contributed by atoms with Gasteiger partial charge in [-0.15, -0.1) is 0 Å². The summed E-state index contributed by atoms with van der Waals surface area (Å²) in [4.78, 5) is 15.0. The lowest BCUT2D eigenvalue weighted by Gasteiger charge is -2.10. The summed E-state index contributed by atoms with van der Waals surface area (Å²) >= 11 is 0. The smallest absolute Gasteiger partial charge is 0.320 e. The van der Waals surface area contributed by atoms with Crippen molar-refractivity contribution in [2.45, 2.75) is 0 Å². The molecule has 142 valence electrons. The first-order chi connectivity index (χ1) is 13.2. The molecule has 3 rings (SSSR count). The van der Waals surface area contributed by atoms with Crippen LogP contribution >= 0.6 is 0 Å². The number of rotatable bonds is 10. The Bertz CT molecular complexity index is 915. The number of hydrogen-bond acceptors (Lipinski definition) is 10. The third-order valence-electron chi connectivity index (χ3n) is 3.70. The molecule has 0 aliphatic heterocycles. The fourth-order valence-corrected chi connectivity index (χ4v) is 2.48. The van der Waals surface area contributed by atoms with Crippen LogP contribution in [-0.4, -0.2) is 53.6 Å². The van der Waals surface area contributed by atoms with E-state index in [1.54, 1.807) is 24.4 Å². The van der Waals surface area contributed by atoms with Gasteiger partial charge in [0.15, 0.2) is 0 Å². The normalized spacial score (nSPS) is 10.7. The Kier molecular flexibility index (Phi) is 5.94. The minimum Gasteiger partial charge on any atom is -0.475 e. The fraction of sp³-hybridized carbons (Fsp3) is 0.312. The van der Waals surface area contributed by atoms with Crippen LogP contribution in [-0.2, 0) is 0 Å². The fourth-order valence-electron chi connectivity index (χ4n) is 2.48. The molecule has 0 unspecified atom stereocenters. The van der Waals surface area contributed by atoms with Gasteiger partial charge >= 0.3 is 11.8 Å². The van der Waals surface area contributed by atoms with Crippen LogP contribution in [0.25, 0.3) is 10.9 Å². The van der Waals surface area contributed by atoms with Gasteiger partial charge in [0.05, 0.1) is 23.1 Å². The number of ether oxygens (including phenoxy) is 2. The molecule has 0 saturated carbocycles. The quantitative estimate of drug-likeness (QED) is 0.306. The number of non-ortho nitro benzene ring substituents is 1. The molecule has 2 heterocycles. The lowest BCUT2D eigenvalue weighted by Crippen LogP contribution is -2.26. The highest BCUT2D eigenvalue weighted by Gasteiger charge is 2.14. The first kappa shape index (κ1) is 18.3. The van der Waals surface area contributed by atoms with Gasteiger partial charge in [0.2, 0.25) is 0 Å². The second-order valence-electron chi connectivity index (χ2n) is 5.39. The Labute approximate surface area is 153 Å². The Morgan fingerprint density at radius 2 is 2.04 bits per heavy atom. The van der Waals surface area contributed by atoms with Gasteiger partial charge in [0.25, 0.3) is 5.69 Å². The van der Waals surface area contributed by atoms with Crippen molar-refractivity contribution in [2.24, 2.45) is 0 Å². The van der Waals surface area contributed by atoms with Crippen LogP contribution in [0.5, 0.6) is 11.8 Å². The highest BCUT2D eigenvalue weighted by atomic mass is 16.6. The third-order valence-corrected chi connectivity index (χ3v) is 3.70. The van der Waals surface area contributed by atoms with Crippen LogP contribution in [0.15, 0.2) is 35.1 Å². The van der Waals surface area contributed by atoms with E-state index >= 15 is 0 Å². The average molecular weight is 374 g/mol. The number of nitro groups is 1. The van der Waals surface area contributed by atoms with Crippen LogP contribution in [0, 0.1) is 10.1 Å². The predicted octanol–water partition coefficient (Wildman–Crippen LogP) is 1.62. The first-order valence-electron chi connectivity index (χ1n) is 8.16. The number of methoxy groups -OCH3 is 1. The van der Waals surface area contributed by atoms with E-state index in [0.717, 1.165) is 5.69 Å². The number of benzene rings is 1. The maximum atomic E-state index is 11.1. The van der Waals surface area contributed by atoms with Crippen molar-refractivity contribution < 1.29 is 19.0 Å². The number of nitrogens with zero attached hydrogens (tertiary/aromatic N) is 4. The summed E-state index contributed by atoms with van der Waals surface area (Å²) < 4.78 is 14.8. The van der Waals surface area contributed by atoms with Gasteiger partial charge in [0, 0.05) is 31.9 Å². The van der Waals surface area contributed by atoms with Crippen LogP contribution in [0.2, 0.25) is 0 Å². The Morgan fingerprint density at radius 3 is 2.85 bits per heavy atom. The summed E-state index contributed by atoms with van der Waals surface area (Å²) in [6.45, 7) is 2.21. The Balaban J connectivity index is 1.46. The lowest BCUT2D eigenvalue weighted by atomic mass is 10.1. The molecule has 0 atom stereocenters. The van der Waals surface area contributed by atoms with Gasteiger partial charge in [-0.2, -0.15) is 0 Å². The molecule has 0 aliphatic carbocycles. The van der Waals surface area contributed by atoms with Gasteiger partial charge in [-0.3, -0.25) is 15.1 Å². The molecule has 1 aromatic carbocycles. The minimum absolute atomic E-state index is 0.0386. The van der Waals surface area contributed by atoms with Gasteiger partial charge in [-0.05, 0) is 28.5 Å². The predicted molar refractivity (Wildman–Crippen MR) is 96.1 cm³/mol. The Hall–Kier alpha value is -3.47. The molecule has 0 spiro atoms. The molecule has 0 radical (unpaired) electrons. The van der Waals surface area contributed by atoms with Crippen molar-refractivity contribution in [3.63, 3.8) is 0 Å². The van der Waals surface area contributed by atoms with Gasteiger partial charge in [-0.25, -0.2) is 4.63 Å². The maximum absolute atomic E-state index is 11.1. The van der Waals surface area contributed by atoms with Crippen molar-refractivity contribution in [3.8, 4) is 11.8 Å². The monoisotopic (exact) mass is 374 g/mol. The van der Waals surface area contributed by atoms with Crippen LogP contribution in [0.1, 0.15) is 0 Å². The van der Waals surface area contributed by atoms with E-state index in [1.165, 1.54) is 13.2 Å². The first-order valence-corrected chi connectivity index (χ1v) is 8.16. The molecule has 2 N–H and O–H groups in total. The molecular formula is C16H18N6O5. The van der Waals surface area contributed by atoms with Crippen molar-refractivity contribution in [3.05, 3.63) is 40.6 Å². The SMILES string of the molecule is COc1nonc1OCCNCCNc1ccc([N+](=O)[O-])c2cccnc12. The Morgan fingerprint density at radius 1 is 1.19 bits per heavy atom. The molecule has 0 aliphatic rings. The van der Waals surface area contributed by atoms with E-state index in [9.17, 15) is 10.1 Å². The second-order valence-corrected chi connectivity index (χ2v) is 5.39. The van der Waals surface area contributed by atoms with Crippen LogP contribution in [0.4, 0.5) is 11.4 Å². The number of nitrogens with one attached hydrogen (secondary N) is 2. The largest absolute Gasteiger partial charge is 0.475 e. The molecule has 0 bridgehead atoms. The van der Waals surface area contributed by atoms with E-state index in [0.29, 0.717) is 37.1 Å². The van der Waals surface area contributed by atoms with Gasteiger partial charge in [0.1, 0.15) is 12.1 Å². The van der Waals surface area contributed by atoms with Crippen molar-refractivity contribution in [1.29, 1.82) is 0 Å². The van der Waals surface area contributed by atoms with E-state index < -0.39 is 4.92 Å². The minimum atomic E-state index is -0.408. The molecule has 0 saturated heterocycles. The van der Waals surface area contributed by atoms with Crippen LogP contribution < -0.4 is 20.1 Å². The number of aromatic nitrogens is 3. The van der Waals surface area contributed by atoms with Crippen molar-refractivity contribution in [2.75, 3.05) is 38.7 Å². The van der Waals surface area contributed by atoms with Gasteiger partial charge in [-0.1, -0.05) is 0 Å². The summed E-state index contributed by atoms with van der Waals surface area (Å²) in [6.07, 6.45) is 1.61. The van der Waals surface area contributed by atoms with Crippen LogP contribution in [0.3, 0.4) is 0 Å². The summed E-state index contributed by atoms with van der Waals surface area (Å²) in [5.41, 5.74) is 1.35. The van der Waals surface area contributed by atoms with Crippen molar-refractivity contribution in [1.82, 2.24) is 20.6 Å². The number of nitro benzene ring substituents is 1. The third kappa shape index (κ3) is 4.39. The zero-order valence-electron chi connectivity index (χ0n) is 14.5. The average Bonchev–Trinajstić information content (AvgIpc) is 3.14. The van der Waals surface area contributed by atoms with E-state index in [2.05, 4.69) is 30.6 Å². The summed E-state index contributed by atoms with van der Waals surface area (Å²) in [6, 6.07) is 6.52. The second kappa shape index (κ2) is 8.76.